The van der Waals surface area contributed by atoms with Crippen molar-refractivity contribution in [3.05, 3.63) is 11.6 Å². The van der Waals surface area contributed by atoms with E-state index in [9.17, 15) is 45.6 Å². The van der Waals surface area contributed by atoms with E-state index in [2.05, 4.69) is 54.5 Å². The number of ether oxygens (including phenoxy) is 4. The maximum Gasteiger partial charge on any atom is 0.317 e. The standard InChI is InChI=1S/C41H66O13/c1-36(2)14-15-41(35(50)54-33-31(48)28(45)22(43)19-51-33)21(16-36)20-8-9-25-38(5)12-11-27(53-34-32(49)30(47)29(46)23(18-42)52-34)37(3,4)24(38)10-13-39(25,6)40(20,7)17-26(41)44/h8,21-34,42-49H,9-19H2,1-7H3/t21?,22-,23+,24?,25?,26+,27-,28-,29+,30-,31+,32+,33-,34-,38-,39+,40+,41?/m0/s1. The summed E-state index contributed by atoms with van der Waals surface area (Å²) < 4.78 is 23.6. The number of hydrogen-bond acceptors (Lipinski definition) is 13. The molecule has 0 aromatic carbocycles. The van der Waals surface area contributed by atoms with Crippen molar-refractivity contribution in [2.75, 3.05) is 13.2 Å². The van der Waals surface area contributed by atoms with E-state index in [0.717, 1.165) is 25.7 Å². The van der Waals surface area contributed by atoms with Crippen molar-refractivity contribution >= 4 is 5.97 Å². The predicted octanol–water partition coefficient (Wildman–Crippen LogP) is 1.93. The molecule has 0 aromatic rings. The molecule has 2 saturated heterocycles. The number of aliphatic hydroxyl groups is 8. The average molecular weight is 767 g/mol. The first-order chi connectivity index (χ1) is 25.1. The molecule has 0 aromatic heterocycles. The number of allylic oxidation sites excluding steroid dienone is 2. The highest BCUT2D eigenvalue weighted by atomic mass is 16.7. The minimum absolute atomic E-state index is 0.0981. The molecule has 13 heteroatoms. The van der Waals surface area contributed by atoms with E-state index in [1.165, 1.54) is 5.57 Å². The van der Waals surface area contributed by atoms with Gasteiger partial charge in [-0.25, -0.2) is 0 Å². The molecule has 0 bridgehead atoms. The van der Waals surface area contributed by atoms with Gasteiger partial charge in [-0.05, 0) is 103 Å². The van der Waals surface area contributed by atoms with Crippen molar-refractivity contribution in [2.45, 2.75) is 174 Å². The Labute approximate surface area is 319 Å². The Kier molecular flexibility index (Phi) is 10.4. The van der Waals surface area contributed by atoms with Crippen LogP contribution in [0.5, 0.6) is 0 Å². The van der Waals surface area contributed by atoms with Crippen molar-refractivity contribution in [3.63, 3.8) is 0 Å². The summed E-state index contributed by atoms with van der Waals surface area (Å²) in [4.78, 5) is 14.5. The molecule has 5 aliphatic carbocycles. The first kappa shape index (κ1) is 40.9. The van der Waals surface area contributed by atoms with Crippen LogP contribution < -0.4 is 0 Å². The van der Waals surface area contributed by atoms with Crippen molar-refractivity contribution < 1.29 is 64.6 Å². The Balaban J connectivity index is 1.18. The second-order valence-corrected chi connectivity index (χ2v) is 20.3. The Hall–Kier alpha value is -1.23. The summed E-state index contributed by atoms with van der Waals surface area (Å²) in [6.45, 7) is 15.1. The van der Waals surface area contributed by atoms with Crippen LogP contribution in [0.25, 0.3) is 0 Å². The van der Waals surface area contributed by atoms with Gasteiger partial charge < -0.3 is 59.8 Å². The number of carbonyl (C=O) groups excluding carboxylic acids is 1. The molecular weight excluding hydrogens is 700 g/mol. The highest BCUT2D eigenvalue weighted by molar-refractivity contribution is 5.80. The molecule has 54 heavy (non-hydrogen) atoms. The summed E-state index contributed by atoms with van der Waals surface area (Å²) in [6, 6.07) is 0. The molecule has 2 aliphatic heterocycles. The van der Waals surface area contributed by atoms with E-state index >= 15 is 0 Å². The zero-order valence-electron chi connectivity index (χ0n) is 33.1. The van der Waals surface area contributed by atoms with Crippen LogP contribution in [0.3, 0.4) is 0 Å². The average Bonchev–Trinajstić information content (AvgIpc) is 3.09. The maximum absolute atomic E-state index is 14.5. The van der Waals surface area contributed by atoms with Gasteiger partial charge in [-0.15, -0.1) is 0 Å². The fourth-order valence-electron chi connectivity index (χ4n) is 13.4. The third kappa shape index (κ3) is 5.84. The molecule has 0 spiro atoms. The molecule has 18 atom stereocenters. The highest BCUT2D eigenvalue weighted by Gasteiger charge is 2.72. The molecule has 6 fully saturated rings. The van der Waals surface area contributed by atoms with E-state index in [0.29, 0.717) is 32.1 Å². The minimum Gasteiger partial charge on any atom is -0.432 e. The van der Waals surface area contributed by atoms with Gasteiger partial charge in [0.2, 0.25) is 6.29 Å². The zero-order valence-corrected chi connectivity index (χ0v) is 33.1. The Morgan fingerprint density at radius 3 is 2.17 bits per heavy atom. The Morgan fingerprint density at radius 2 is 1.48 bits per heavy atom. The van der Waals surface area contributed by atoms with Crippen molar-refractivity contribution in [1.82, 2.24) is 0 Å². The summed E-state index contributed by atoms with van der Waals surface area (Å²) >= 11 is 0. The molecule has 8 N–H and O–H groups in total. The van der Waals surface area contributed by atoms with E-state index in [1.807, 2.05) is 0 Å². The number of aliphatic hydroxyl groups excluding tert-OH is 8. The number of fused-ring (bicyclic) bond motifs is 7. The molecule has 4 unspecified atom stereocenters. The third-order valence-corrected chi connectivity index (χ3v) is 16.8. The van der Waals surface area contributed by atoms with E-state index in [1.54, 1.807) is 0 Å². The molecule has 308 valence electrons. The van der Waals surface area contributed by atoms with Crippen LogP contribution in [0.1, 0.15) is 106 Å². The van der Waals surface area contributed by atoms with Gasteiger partial charge in [0.05, 0.1) is 25.4 Å². The van der Waals surface area contributed by atoms with Gasteiger partial charge in [-0.3, -0.25) is 4.79 Å². The largest absolute Gasteiger partial charge is 0.432 e. The van der Waals surface area contributed by atoms with E-state index < -0.39 is 84.8 Å². The van der Waals surface area contributed by atoms with Crippen LogP contribution in [0.15, 0.2) is 11.6 Å². The fourth-order valence-corrected chi connectivity index (χ4v) is 13.4. The summed E-state index contributed by atoms with van der Waals surface area (Å²) in [5.41, 5.74) is -1.26. The van der Waals surface area contributed by atoms with Crippen LogP contribution in [-0.4, -0.2) is 128 Å². The lowest BCUT2D eigenvalue weighted by Gasteiger charge is -2.71. The minimum atomic E-state index is -1.62. The van der Waals surface area contributed by atoms with E-state index in [4.69, 9.17) is 18.9 Å². The molecule has 13 nitrogen and oxygen atoms in total. The molecule has 7 rings (SSSR count). The zero-order chi connectivity index (χ0) is 39.6. The third-order valence-electron chi connectivity index (χ3n) is 16.8. The van der Waals surface area contributed by atoms with Crippen LogP contribution >= 0.6 is 0 Å². The molecule has 0 radical (unpaired) electrons. The predicted molar refractivity (Wildman–Crippen MR) is 193 cm³/mol. The molecule has 0 amide bonds. The first-order valence-corrected chi connectivity index (χ1v) is 20.3. The van der Waals surface area contributed by atoms with Crippen molar-refractivity contribution in [1.29, 1.82) is 0 Å². The number of carbonyl (C=O) groups is 1. The van der Waals surface area contributed by atoms with Gasteiger partial charge in [0.1, 0.15) is 48.1 Å². The smallest absolute Gasteiger partial charge is 0.317 e. The van der Waals surface area contributed by atoms with Crippen LogP contribution in [-0.2, 0) is 23.7 Å². The van der Waals surface area contributed by atoms with Gasteiger partial charge >= 0.3 is 5.97 Å². The number of esters is 1. The number of rotatable bonds is 5. The second kappa shape index (κ2) is 13.7. The normalized spacial score (nSPS) is 53.9. The van der Waals surface area contributed by atoms with Gasteiger partial charge in [0.25, 0.3) is 0 Å². The summed E-state index contributed by atoms with van der Waals surface area (Å²) in [7, 11) is 0. The Bertz CT molecular complexity index is 1470. The van der Waals surface area contributed by atoms with Gasteiger partial charge in [0.15, 0.2) is 6.29 Å². The topological polar surface area (TPSA) is 216 Å². The molecule has 7 aliphatic rings. The summed E-state index contributed by atoms with van der Waals surface area (Å²) in [6.07, 6.45) is -5.20. The van der Waals surface area contributed by atoms with Crippen LogP contribution in [0, 0.1) is 50.2 Å². The van der Waals surface area contributed by atoms with Gasteiger partial charge in [-0.2, -0.15) is 0 Å². The van der Waals surface area contributed by atoms with Gasteiger partial charge in [0, 0.05) is 0 Å². The second-order valence-electron chi connectivity index (χ2n) is 20.3. The highest BCUT2D eigenvalue weighted by Crippen LogP contribution is 2.76. The lowest BCUT2D eigenvalue weighted by Crippen LogP contribution is -2.68. The van der Waals surface area contributed by atoms with Crippen molar-refractivity contribution in [2.24, 2.45) is 50.2 Å². The van der Waals surface area contributed by atoms with Gasteiger partial charge in [-0.1, -0.05) is 60.1 Å². The monoisotopic (exact) mass is 766 g/mol. The number of hydrogen-bond donors (Lipinski definition) is 8. The quantitative estimate of drug-likeness (QED) is 0.114. The fraction of sp³-hybridized carbons (Fsp3) is 0.927. The molecular formula is C41H66O13. The van der Waals surface area contributed by atoms with Crippen LogP contribution in [0.4, 0.5) is 0 Å². The first-order valence-electron chi connectivity index (χ1n) is 20.3. The van der Waals surface area contributed by atoms with E-state index in [-0.39, 0.29) is 52.1 Å². The summed E-state index contributed by atoms with van der Waals surface area (Å²) in [5.74, 6) is -0.445. The van der Waals surface area contributed by atoms with Crippen molar-refractivity contribution in [3.8, 4) is 0 Å². The molecule has 2 heterocycles. The lowest BCUT2D eigenvalue weighted by atomic mass is 9.33. The Morgan fingerprint density at radius 1 is 0.796 bits per heavy atom. The lowest BCUT2D eigenvalue weighted by molar-refractivity contribution is -0.330. The SMILES string of the molecule is CC1(C)CCC2(C(=O)O[C@@H]3OC[C@H](O)[C@H](O)[C@H]3O)C(C1)C1=CCC3[C@@]4(C)CC[C@H](O[C@@H]5O[C@H](CO)[C@@H](O)[C@H](O)[C@H]5O)C(C)(C)C4CC[C@@]3(C)[C@]1(C)C[C@H]2O. The maximum atomic E-state index is 14.5. The molecule has 4 saturated carbocycles. The summed E-state index contributed by atoms with van der Waals surface area (Å²) in [5, 5.41) is 84.7. The van der Waals surface area contributed by atoms with Crippen LogP contribution in [0.2, 0.25) is 0 Å².